The predicted molar refractivity (Wildman–Crippen MR) is 34.8 cm³/mol. The molecule has 0 aliphatic heterocycles. The van der Waals surface area contributed by atoms with Crippen LogP contribution in [0.1, 0.15) is 20.3 Å². The van der Waals surface area contributed by atoms with Crippen molar-refractivity contribution in [3.05, 3.63) is 0 Å². The molecule has 0 aliphatic carbocycles. The maximum absolute atomic E-state index is 8.81. The lowest BCUT2D eigenvalue weighted by Gasteiger charge is -2.10. The van der Waals surface area contributed by atoms with E-state index in [9.17, 15) is 0 Å². The highest BCUT2D eigenvalue weighted by Crippen LogP contribution is 1.93. The minimum Gasteiger partial charge on any atom is -0.393 e. The maximum atomic E-state index is 8.81. The average molecular weight is 117 g/mol. The first-order valence-electron chi connectivity index (χ1n) is 3.02. The van der Waals surface area contributed by atoms with E-state index in [1.807, 2.05) is 14.0 Å². The molecule has 0 aromatic carbocycles. The van der Waals surface area contributed by atoms with E-state index in [0.29, 0.717) is 6.04 Å². The summed E-state index contributed by atoms with van der Waals surface area (Å²) < 4.78 is 0. The van der Waals surface area contributed by atoms with Crippen LogP contribution in [0, 0.1) is 0 Å². The fraction of sp³-hybridized carbons (Fsp3) is 1.00. The molecule has 0 saturated carbocycles. The molecule has 0 rings (SSSR count). The van der Waals surface area contributed by atoms with E-state index in [1.165, 1.54) is 0 Å². The molecule has 0 unspecified atom stereocenters. The second-order valence-corrected chi connectivity index (χ2v) is 2.27. The van der Waals surface area contributed by atoms with Crippen LogP contribution < -0.4 is 5.32 Å². The van der Waals surface area contributed by atoms with Crippen molar-refractivity contribution in [2.45, 2.75) is 32.4 Å². The Bertz CT molecular complexity index is 54.5. The number of nitrogens with one attached hydrogen (secondary N) is 1. The van der Waals surface area contributed by atoms with Gasteiger partial charge in [-0.25, -0.2) is 0 Å². The molecule has 2 nitrogen and oxygen atoms in total. The summed E-state index contributed by atoms with van der Waals surface area (Å²) in [4.78, 5) is 0. The molecule has 0 bridgehead atoms. The minimum absolute atomic E-state index is 0.183. The summed E-state index contributed by atoms with van der Waals surface area (Å²) in [6.45, 7) is 3.85. The van der Waals surface area contributed by atoms with E-state index in [0.717, 1.165) is 6.42 Å². The molecule has 0 fully saturated rings. The smallest absolute Gasteiger partial charge is 0.0526 e. The van der Waals surface area contributed by atoms with Crippen LogP contribution in [0.15, 0.2) is 0 Å². The molecule has 0 aliphatic rings. The van der Waals surface area contributed by atoms with Gasteiger partial charge in [0.05, 0.1) is 6.10 Å². The summed E-state index contributed by atoms with van der Waals surface area (Å²) >= 11 is 0. The monoisotopic (exact) mass is 117 g/mol. The van der Waals surface area contributed by atoms with Gasteiger partial charge in [-0.3, -0.25) is 0 Å². The largest absolute Gasteiger partial charge is 0.393 e. The third-order valence-electron chi connectivity index (χ3n) is 1.19. The molecular weight excluding hydrogens is 102 g/mol. The molecule has 2 heteroatoms. The maximum Gasteiger partial charge on any atom is 0.0526 e. The topological polar surface area (TPSA) is 32.3 Å². The lowest BCUT2D eigenvalue weighted by molar-refractivity contribution is 0.172. The predicted octanol–water partition coefficient (Wildman–Crippen LogP) is 0.365. The zero-order valence-electron chi connectivity index (χ0n) is 5.81. The molecule has 0 radical (unpaired) electrons. The molecule has 0 saturated heterocycles. The third-order valence-corrected chi connectivity index (χ3v) is 1.19. The van der Waals surface area contributed by atoms with Crippen LogP contribution in [-0.2, 0) is 0 Å². The highest BCUT2D eigenvalue weighted by Gasteiger charge is 2.00. The molecule has 2 atom stereocenters. The van der Waals surface area contributed by atoms with Crippen molar-refractivity contribution in [1.29, 1.82) is 0 Å². The quantitative estimate of drug-likeness (QED) is 0.559. The van der Waals surface area contributed by atoms with Gasteiger partial charge in [-0.15, -0.1) is 0 Å². The summed E-state index contributed by atoms with van der Waals surface area (Å²) in [5, 5.41) is 11.9. The van der Waals surface area contributed by atoms with Gasteiger partial charge in [0.25, 0.3) is 0 Å². The molecule has 0 amide bonds. The zero-order valence-corrected chi connectivity index (χ0v) is 5.81. The average Bonchev–Trinajstić information content (AvgIpc) is 1.65. The van der Waals surface area contributed by atoms with Crippen LogP contribution in [0.5, 0.6) is 0 Å². The molecule has 0 aromatic rings. The van der Waals surface area contributed by atoms with Gasteiger partial charge in [-0.1, -0.05) is 0 Å². The zero-order chi connectivity index (χ0) is 6.57. The van der Waals surface area contributed by atoms with Crippen LogP contribution in [0.3, 0.4) is 0 Å². The highest BCUT2D eigenvalue weighted by atomic mass is 16.3. The van der Waals surface area contributed by atoms with Crippen LogP contribution >= 0.6 is 0 Å². The summed E-state index contributed by atoms with van der Waals surface area (Å²) in [7, 11) is 1.90. The normalized spacial score (nSPS) is 18.0. The van der Waals surface area contributed by atoms with Crippen molar-refractivity contribution < 1.29 is 5.11 Å². The number of hydrogen-bond acceptors (Lipinski definition) is 2. The van der Waals surface area contributed by atoms with Gasteiger partial charge < -0.3 is 10.4 Å². The number of aliphatic hydroxyl groups excluding tert-OH is 1. The van der Waals surface area contributed by atoms with E-state index >= 15 is 0 Å². The first-order chi connectivity index (χ1) is 3.66. The number of rotatable bonds is 3. The van der Waals surface area contributed by atoms with Crippen molar-refractivity contribution in [3.63, 3.8) is 0 Å². The van der Waals surface area contributed by atoms with Gasteiger partial charge in [0.2, 0.25) is 0 Å². The van der Waals surface area contributed by atoms with Gasteiger partial charge in [0.1, 0.15) is 0 Å². The van der Waals surface area contributed by atoms with E-state index in [4.69, 9.17) is 5.11 Å². The van der Waals surface area contributed by atoms with E-state index in [1.54, 1.807) is 6.92 Å². The second-order valence-electron chi connectivity index (χ2n) is 2.27. The molecular formula is C6H15NO. The van der Waals surface area contributed by atoms with Crippen molar-refractivity contribution in [3.8, 4) is 0 Å². The summed E-state index contributed by atoms with van der Waals surface area (Å²) in [5.74, 6) is 0. The standard InChI is InChI=1S/C6H15NO/c1-5(7-3)4-6(2)8/h5-8H,4H2,1-3H3/t5-,6+/m1/s1. The number of hydrogen-bond donors (Lipinski definition) is 2. The highest BCUT2D eigenvalue weighted by molar-refractivity contribution is 4.59. The first kappa shape index (κ1) is 7.92. The minimum atomic E-state index is -0.183. The van der Waals surface area contributed by atoms with Crippen LogP contribution in [0.25, 0.3) is 0 Å². The van der Waals surface area contributed by atoms with Crippen LogP contribution in [0.4, 0.5) is 0 Å². The van der Waals surface area contributed by atoms with E-state index < -0.39 is 0 Å². The summed E-state index contributed by atoms with van der Waals surface area (Å²) in [5.41, 5.74) is 0. The Balaban J connectivity index is 3.10. The van der Waals surface area contributed by atoms with Gasteiger partial charge in [0.15, 0.2) is 0 Å². The molecule has 0 heterocycles. The van der Waals surface area contributed by atoms with E-state index in [2.05, 4.69) is 5.32 Å². The molecule has 50 valence electrons. The van der Waals surface area contributed by atoms with Crippen LogP contribution in [0.2, 0.25) is 0 Å². The molecule has 2 N–H and O–H groups in total. The van der Waals surface area contributed by atoms with E-state index in [-0.39, 0.29) is 6.10 Å². The SMILES string of the molecule is CN[C@H](C)C[C@H](C)O. The van der Waals surface area contributed by atoms with Crippen molar-refractivity contribution >= 4 is 0 Å². The Hall–Kier alpha value is -0.0800. The summed E-state index contributed by atoms with van der Waals surface area (Å²) in [6, 6.07) is 0.426. The van der Waals surface area contributed by atoms with Crippen molar-refractivity contribution in [1.82, 2.24) is 5.32 Å². The van der Waals surface area contributed by atoms with Crippen molar-refractivity contribution in [2.24, 2.45) is 0 Å². The van der Waals surface area contributed by atoms with Crippen LogP contribution in [-0.4, -0.2) is 24.3 Å². The third kappa shape index (κ3) is 4.09. The Morgan fingerprint density at radius 1 is 1.50 bits per heavy atom. The molecule has 0 aromatic heterocycles. The Labute approximate surface area is 50.9 Å². The lowest BCUT2D eigenvalue weighted by Crippen LogP contribution is -2.25. The second kappa shape index (κ2) is 3.87. The Morgan fingerprint density at radius 3 is 2.12 bits per heavy atom. The fourth-order valence-corrected chi connectivity index (χ4v) is 0.630. The fourth-order valence-electron chi connectivity index (χ4n) is 0.630. The van der Waals surface area contributed by atoms with Crippen molar-refractivity contribution in [2.75, 3.05) is 7.05 Å². The van der Waals surface area contributed by atoms with Gasteiger partial charge in [-0.2, -0.15) is 0 Å². The lowest BCUT2D eigenvalue weighted by atomic mass is 10.2. The first-order valence-corrected chi connectivity index (χ1v) is 3.02. The Kier molecular flexibility index (Phi) is 3.83. The Morgan fingerprint density at radius 2 is 2.00 bits per heavy atom. The number of aliphatic hydroxyl groups is 1. The van der Waals surface area contributed by atoms with Gasteiger partial charge in [0, 0.05) is 6.04 Å². The summed E-state index contributed by atoms with van der Waals surface area (Å²) in [6.07, 6.45) is 0.647. The van der Waals surface area contributed by atoms with Gasteiger partial charge in [-0.05, 0) is 27.3 Å². The molecule has 8 heavy (non-hydrogen) atoms. The van der Waals surface area contributed by atoms with Gasteiger partial charge >= 0.3 is 0 Å². The molecule has 0 spiro atoms.